The number of methoxy groups -OCH3 is 2. The van der Waals surface area contributed by atoms with Gasteiger partial charge in [-0.05, 0) is 31.0 Å². The normalized spacial score (nSPS) is 10.4. The summed E-state index contributed by atoms with van der Waals surface area (Å²) >= 11 is 0. The average molecular weight is 289 g/mol. The monoisotopic (exact) mass is 289 g/mol. The maximum absolute atomic E-state index is 11.6. The van der Waals surface area contributed by atoms with Gasteiger partial charge in [-0.3, -0.25) is 0 Å². The van der Waals surface area contributed by atoms with E-state index in [0.29, 0.717) is 18.2 Å². The van der Waals surface area contributed by atoms with Crippen molar-refractivity contribution in [2.24, 2.45) is 0 Å². The summed E-state index contributed by atoms with van der Waals surface area (Å²) in [5.41, 5.74) is 7.27. The lowest BCUT2D eigenvalue weighted by molar-refractivity contribution is 0.0595. The van der Waals surface area contributed by atoms with Gasteiger partial charge in [0.2, 0.25) is 0 Å². The number of hydrogen-bond acceptors (Lipinski definition) is 5. The van der Waals surface area contributed by atoms with Crippen LogP contribution in [0.4, 0.5) is 5.82 Å². The minimum Gasteiger partial charge on any atom is -0.497 e. The Morgan fingerprint density at radius 3 is 2.81 bits per heavy atom. The Morgan fingerprint density at radius 2 is 2.14 bits per heavy atom. The predicted octanol–water partition coefficient (Wildman–Crippen LogP) is 1.81. The number of imidazole rings is 1. The summed E-state index contributed by atoms with van der Waals surface area (Å²) in [5.74, 6) is 1.33. The van der Waals surface area contributed by atoms with Crippen molar-refractivity contribution in [2.45, 2.75) is 19.9 Å². The molecule has 0 aliphatic carbocycles. The number of carbonyl (C=O) groups excluding carboxylic acids is 1. The van der Waals surface area contributed by atoms with Crippen molar-refractivity contribution < 1.29 is 14.3 Å². The van der Waals surface area contributed by atoms with Crippen LogP contribution in [0.1, 0.15) is 21.9 Å². The van der Waals surface area contributed by atoms with Gasteiger partial charge in [-0.15, -0.1) is 0 Å². The van der Waals surface area contributed by atoms with Crippen LogP contribution in [0.25, 0.3) is 0 Å². The van der Waals surface area contributed by atoms with Crippen molar-refractivity contribution in [1.82, 2.24) is 9.55 Å². The van der Waals surface area contributed by atoms with Gasteiger partial charge in [-0.2, -0.15) is 0 Å². The zero-order valence-corrected chi connectivity index (χ0v) is 12.4. The molecule has 21 heavy (non-hydrogen) atoms. The Hall–Kier alpha value is -2.50. The Bertz CT molecular complexity index is 650. The highest BCUT2D eigenvalue weighted by Crippen LogP contribution is 2.18. The van der Waals surface area contributed by atoms with E-state index in [0.717, 1.165) is 17.7 Å². The molecular weight excluding hydrogens is 270 g/mol. The molecule has 6 nitrogen and oxygen atoms in total. The molecular formula is C15H19N3O3. The number of ether oxygens (including phenoxy) is 2. The van der Waals surface area contributed by atoms with E-state index in [4.69, 9.17) is 10.5 Å². The summed E-state index contributed by atoms with van der Waals surface area (Å²) in [4.78, 5) is 15.7. The summed E-state index contributed by atoms with van der Waals surface area (Å²) in [5, 5.41) is 0. The molecule has 0 unspecified atom stereocenters. The van der Waals surface area contributed by atoms with Crippen LogP contribution < -0.4 is 10.5 Å². The number of rotatable bonds is 5. The first-order valence-electron chi connectivity index (χ1n) is 6.60. The maximum atomic E-state index is 11.6. The number of hydrogen-bond donors (Lipinski definition) is 1. The third-order valence-corrected chi connectivity index (χ3v) is 3.33. The molecule has 1 aromatic carbocycles. The van der Waals surface area contributed by atoms with Crippen LogP contribution in [-0.2, 0) is 17.7 Å². The summed E-state index contributed by atoms with van der Waals surface area (Å²) in [6.45, 7) is 2.45. The number of aromatic nitrogens is 2. The number of nitrogen functional groups attached to an aromatic ring is 1. The Morgan fingerprint density at radius 1 is 1.38 bits per heavy atom. The van der Waals surface area contributed by atoms with Gasteiger partial charge in [0.15, 0.2) is 5.69 Å². The van der Waals surface area contributed by atoms with Crippen LogP contribution in [0, 0.1) is 6.92 Å². The fourth-order valence-corrected chi connectivity index (χ4v) is 2.18. The molecule has 6 heteroatoms. The molecule has 1 aromatic heterocycles. The molecule has 0 aliphatic heterocycles. The molecule has 0 aliphatic rings. The third kappa shape index (κ3) is 3.16. The quantitative estimate of drug-likeness (QED) is 0.849. The molecule has 1 heterocycles. The van der Waals surface area contributed by atoms with Gasteiger partial charge in [0.25, 0.3) is 0 Å². The van der Waals surface area contributed by atoms with Crippen LogP contribution in [0.5, 0.6) is 5.75 Å². The summed E-state index contributed by atoms with van der Waals surface area (Å²) in [6.07, 6.45) is 0.763. The number of nitrogens with zero attached hydrogens (tertiary/aromatic N) is 2. The lowest BCUT2D eigenvalue weighted by Crippen LogP contribution is -2.10. The number of aryl methyl sites for hydroxylation is 2. The van der Waals surface area contributed by atoms with E-state index in [1.807, 2.05) is 35.8 Å². The number of esters is 1. The molecule has 0 atom stereocenters. The summed E-state index contributed by atoms with van der Waals surface area (Å²) < 4.78 is 11.7. The summed E-state index contributed by atoms with van der Waals surface area (Å²) in [6, 6.07) is 7.84. The van der Waals surface area contributed by atoms with Crippen LogP contribution in [0.2, 0.25) is 0 Å². The smallest absolute Gasteiger partial charge is 0.360 e. The predicted molar refractivity (Wildman–Crippen MR) is 79.4 cm³/mol. The fraction of sp³-hybridized carbons (Fsp3) is 0.333. The van der Waals surface area contributed by atoms with Crippen LogP contribution in [0.15, 0.2) is 24.3 Å². The fourth-order valence-electron chi connectivity index (χ4n) is 2.18. The van der Waals surface area contributed by atoms with Gasteiger partial charge in [-0.25, -0.2) is 9.78 Å². The van der Waals surface area contributed by atoms with Gasteiger partial charge in [-0.1, -0.05) is 12.1 Å². The molecule has 112 valence electrons. The number of benzene rings is 1. The van der Waals surface area contributed by atoms with E-state index in [1.165, 1.54) is 7.11 Å². The van der Waals surface area contributed by atoms with Gasteiger partial charge in [0.1, 0.15) is 17.4 Å². The van der Waals surface area contributed by atoms with E-state index >= 15 is 0 Å². The second-order valence-corrected chi connectivity index (χ2v) is 4.64. The van der Waals surface area contributed by atoms with Gasteiger partial charge < -0.3 is 19.8 Å². The average Bonchev–Trinajstić information content (AvgIpc) is 2.79. The van der Waals surface area contributed by atoms with Crippen LogP contribution in [0.3, 0.4) is 0 Å². The van der Waals surface area contributed by atoms with Crippen molar-refractivity contribution in [2.75, 3.05) is 20.0 Å². The molecule has 0 radical (unpaired) electrons. The number of anilines is 1. The second kappa shape index (κ2) is 6.30. The molecule has 0 bridgehead atoms. The minimum atomic E-state index is -0.518. The molecule has 0 saturated heterocycles. The molecule has 2 N–H and O–H groups in total. The number of nitrogens with two attached hydrogens (primary N) is 1. The first-order chi connectivity index (χ1) is 10.1. The van der Waals surface area contributed by atoms with Gasteiger partial charge in [0.05, 0.1) is 14.2 Å². The van der Waals surface area contributed by atoms with Gasteiger partial charge in [0, 0.05) is 6.54 Å². The third-order valence-electron chi connectivity index (χ3n) is 3.33. The highest BCUT2D eigenvalue weighted by atomic mass is 16.5. The lowest BCUT2D eigenvalue weighted by Gasteiger charge is -2.08. The van der Waals surface area contributed by atoms with E-state index in [1.54, 1.807) is 7.11 Å². The van der Waals surface area contributed by atoms with Crippen LogP contribution in [-0.4, -0.2) is 29.7 Å². The topological polar surface area (TPSA) is 79.4 Å². The molecule has 0 fully saturated rings. The van der Waals surface area contributed by atoms with Crippen molar-refractivity contribution in [3.05, 3.63) is 41.3 Å². The summed E-state index contributed by atoms with van der Waals surface area (Å²) in [7, 11) is 2.95. The van der Waals surface area contributed by atoms with Gasteiger partial charge >= 0.3 is 5.97 Å². The first-order valence-corrected chi connectivity index (χ1v) is 6.60. The Balaban J connectivity index is 2.16. The van der Waals surface area contributed by atoms with E-state index in [2.05, 4.69) is 9.72 Å². The Labute approximate surface area is 123 Å². The van der Waals surface area contributed by atoms with E-state index < -0.39 is 5.97 Å². The zero-order valence-electron chi connectivity index (χ0n) is 12.4. The standard InChI is InChI=1S/C15H19N3O3/c1-10-17-13(15(19)21-3)14(16)18(10)8-7-11-5-4-6-12(9-11)20-2/h4-6,9H,7-8,16H2,1-3H3. The molecule has 2 rings (SSSR count). The molecule has 0 amide bonds. The molecule has 2 aromatic rings. The molecule has 0 spiro atoms. The number of carbonyl (C=O) groups is 1. The van der Waals surface area contributed by atoms with Crippen molar-refractivity contribution >= 4 is 11.8 Å². The van der Waals surface area contributed by atoms with Crippen molar-refractivity contribution in [3.8, 4) is 5.75 Å². The second-order valence-electron chi connectivity index (χ2n) is 4.64. The molecule has 0 saturated carbocycles. The zero-order chi connectivity index (χ0) is 15.4. The maximum Gasteiger partial charge on any atom is 0.360 e. The van der Waals surface area contributed by atoms with E-state index in [-0.39, 0.29) is 5.69 Å². The lowest BCUT2D eigenvalue weighted by atomic mass is 10.1. The largest absolute Gasteiger partial charge is 0.497 e. The first kappa shape index (κ1) is 14.9. The van der Waals surface area contributed by atoms with Crippen LogP contribution >= 0.6 is 0 Å². The van der Waals surface area contributed by atoms with Crippen molar-refractivity contribution in [1.29, 1.82) is 0 Å². The van der Waals surface area contributed by atoms with Crippen molar-refractivity contribution in [3.63, 3.8) is 0 Å². The highest BCUT2D eigenvalue weighted by Gasteiger charge is 2.18. The Kier molecular flexibility index (Phi) is 4.47. The SMILES string of the molecule is COC(=O)c1nc(C)n(CCc2cccc(OC)c2)c1N. The van der Waals surface area contributed by atoms with E-state index in [9.17, 15) is 4.79 Å². The minimum absolute atomic E-state index is 0.167. The highest BCUT2D eigenvalue weighted by molar-refractivity contribution is 5.92.